The van der Waals surface area contributed by atoms with Crippen molar-refractivity contribution >= 4 is 23.9 Å². The van der Waals surface area contributed by atoms with Crippen LogP contribution in [0, 0.1) is 19.8 Å². The molecule has 3 amide bonds. The summed E-state index contributed by atoms with van der Waals surface area (Å²) in [6.07, 6.45) is -0.689. The van der Waals surface area contributed by atoms with Crippen LogP contribution in [0.15, 0.2) is 18.2 Å². The van der Waals surface area contributed by atoms with E-state index in [-0.39, 0.29) is 25.5 Å². The fraction of sp³-hybridized carbons (Fsp3) is 0.615. The lowest BCUT2D eigenvalue weighted by molar-refractivity contribution is -0.144. The fourth-order valence-corrected chi connectivity index (χ4v) is 3.63. The Balaban J connectivity index is 3.21. The number of hydrogen-bond donors (Lipinski definition) is 2. The second-order valence-corrected chi connectivity index (χ2v) is 9.99. The molecule has 9 nitrogen and oxygen atoms in total. The highest BCUT2D eigenvalue weighted by molar-refractivity contribution is 5.92. The molecular formula is C26H41N3O6. The van der Waals surface area contributed by atoms with Crippen LogP contribution < -0.4 is 10.6 Å². The first kappa shape index (κ1) is 29.9. The highest BCUT2D eigenvalue weighted by Crippen LogP contribution is 2.24. The number of rotatable bonds is 10. The molecule has 1 rings (SSSR count). The van der Waals surface area contributed by atoms with Gasteiger partial charge in [0.2, 0.25) is 11.8 Å². The predicted molar refractivity (Wildman–Crippen MR) is 134 cm³/mol. The van der Waals surface area contributed by atoms with Gasteiger partial charge in [-0.1, -0.05) is 43.2 Å². The smallest absolute Gasteiger partial charge is 0.408 e. The molecule has 196 valence electrons. The van der Waals surface area contributed by atoms with E-state index in [1.165, 1.54) is 11.9 Å². The van der Waals surface area contributed by atoms with E-state index in [9.17, 15) is 19.2 Å². The molecule has 0 aromatic heterocycles. The maximum absolute atomic E-state index is 13.5. The number of benzene rings is 1. The Morgan fingerprint density at radius 3 is 2.09 bits per heavy atom. The number of nitrogens with zero attached hydrogens (tertiary/aromatic N) is 1. The Morgan fingerprint density at radius 2 is 1.60 bits per heavy atom. The topological polar surface area (TPSA) is 114 Å². The van der Waals surface area contributed by atoms with Crippen molar-refractivity contribution in [3.8, 4) is 0 Å². The summed E-state index contributed by atoms with van der Waals surface area (Å²) >= 11 is 0. The highest BCUT2D eigenvalue weighted by atomic mass is 16.6. The Bertz CT molecular complexity index is 887. The minimum atomic E-state index is -0.968. The van der Waals surface area contributed by atoms with Crippen molar-refractivity contribution < 1.29 is 28.7 Å². The second-order valence-electron chi connectivity index (χ2n) is 9.99. The number of carbonyl (C=O) groups excluding carboxylic acids is 4. The molecule has 0 radical (unpaired) electrons. The first-order valence-corrected chi connectivity index (χ1v) is 11.9. The van der Waals surface area contributed by atoms with Gasteiger partial charge in [0, 0.05) is 13.6 Å². The maximum atomic E-state index is 13.5. The average molecular weight is 492 g/mol. The second kappa shape index (κ2) is 13.1. The summed E-state index contributed by atoms with van der Waals surface area (Å²) < 4.78 is 10.2. The van der Waals surface area contributed by atoms with Crippen LogP contribution in [0.3, 0.4) is 0 Å². The number of alkyl carbamates (subject to hydrolysis) is 1. The average Bonchev–Trinajstić information content (AvgIpc) is 2.69. The molecule has 1 aromatic carbocycles. The molecule has 0 saturated heterocycles. The van der Waals surface area contributed by atoms with E-state index >= 15 is 0 Å². The molecule has 35 heavy (non-hydrogen) atoms. The number of amides is 3. The third-order valence-corrected chi connectivity index (χ3v) is 5.08. The van der Waals surface area contributed by atoms with Gasteiger partial charge >= 0.3 is 12.1 Å². The van der Waals surface area contributed by atoms with Crippen LogP contribution in [0.25, 0.3) is 0 Å². The van der Waals surface area contributed by atoms with E-state index in [1.54, 1.807) is 41.5 Å². The van der Waals surface area contributed by atoms with Gasteiger partial charge in [0.1, 0.15) is 17.7 Å². The van der Waals surface area contributed by atoms with Crippen LogP contribution in [0.1, 0.15) is 70.7 Å². The largest absolute Gasteiger partial charge is 0.466 e. The molecule has 1 aromatic rings. The summed E-state index contributed by atoms with van der Waals surface area (Å²) in [5, 5.41) is 5.39. The number of aryl methyl sites for hydroxylation is 2. The fourth-order valence-electron chi connectivity index (χ4n) is 3.63. The van der Waals surface area contributed by atoms with Gasteiger partial charge in [0.25, 0.3) is 0 Å². The van der Waals surface area contributed by atoms with Crippen molar-refractivity contribution in [3.05, 3.63) is 34.9 Å². The third kappa shape index (κ3) is 9.96. The van der Waals surface area contributed by atoms with Gasteiger partial charge in [-0.25, -0.2) is 4.79 Å². The molecule has 0 saturated carbocycles. The predicted octanol–water partition coefficient (Wildman–Crippen LogP) is 3.42. The third-order valence-electron chi connectivity index (χ3n) is 5.08. The molecule has 0 aliphatic heterocycles. The summed E-state index contributed by atoms with van der Waals surface area (Å²) in [6, 6.07) is 3.79. The molecule has 0 spiro atoms. The van der Waals surface area contributed by atoms with E-state index < -0.39 is 41.6 Å². The minimum absolute atomic E-state index is 0.0195. The standard InChI is InChI=1S/C26H41N3O6/c1-10-34-20(30)11-12-27-23(31)22(19-14-17(4)13-18(5)15-19)29(9)24(32)21(16(2)3)28-25(33)35-26(6,7)8/h13-16,21-22H,10-12H2,1-9H3,(H,27,31)(H,28,33). The van der Waals surface area contributed by atoms with Crippen LogP contribution in [0.4, 0.5) is 4.79 Å². The Hall–Kier alpha value is -3.10. The van der Waals surface area contributed by atoms with Gasteiger partial charge < -0.3 is 25.0 Å². The van der Waals surface area contributed by atoms with Crippen molar-refractivity contribution in [3.63, 3.8) is 0 Å². The van der Waals surface area contributed by atoms with Crippen molar-refractivity contribution in [2.75, 3.05) is 20.2 Å². The summed E-state index contributed by atoms with van der Waals surface area (Å²) in [5.41, 5.74) is 1.79. The number of nitrogens with one attached hydrogen (secondary N) is 2. The highest BCUT2D eigenvalue weighted by Gasteiger charge is 2.35. The van der Waals surface area contributed by atoms with E-state index in [2.05, 4.69) is 10.6 Å². The van der Waals surface area contributed by atoms with Crippen molar-refractivity contribution in [2.24, 2.45) is 5.92 Å². The molecule has 0 bridgehead atoms. The molecule has 0 fully saturated rings. The maximum Gasteiger partial charge on any atom is 0.408 e. The normalized spacial score (nSPS) is 13.0. The van der Waals surface area contributed by atoms with Gasteiger partial charge in [-0.05, 0) is 53.0 Å². The lowest BCUT2D eigenvalue weighted by atomic mass is 9.97. The molecule has 0 aliphatic carbocycles. The minimum Gasteiger partial charge on any atom is -0.466 e. The summed E-state index contributed by atoms with van der Waals surface area (Å²) in [5.74, 6) is -1.55. The van der Waals surface area contributed by atoms with E-state index in [4.69, 9.17) is 9.47 Å². The van der Waals surface area contributed by atoms with Gasteiger partial charge in [0.15, 0.2) is 0 Å². The van der Waals surface area contributed by atoms with Crippen molar-refractivity contribution in [1.29, 1.82) is 0 Å². The van der Waals surface area contributed by atoms with E-state index in [0.717, 1.165) is 11.1 Å². The summed E-state index contributed by atoms with van der Waals surface area (Å²) in [7, 11) is 1.53. The van der Waals surface area contributed by atoms with Crippen molar-refractivity contribution in [2.45, 2.75) is 79.5 Å². The monoisotopic (exact) mass is 491 g/mol. The Morgan fingerprint density at radius 1 is 1.03 bits per heavy atom. The lowest BCUT2D eigenvalue weighted by Crippen LogP contribution is -2.53. The molecule has 2 N–H and O–H groups in total. The van der Waals surface area contributed by atoms with Crippen LogP contribution in [-0.2, 0) is 23.9 Å². The lowest BCUT2D eigenvalue weighted by Gasteiger charge is -2.33. The zero-order valence-corrected chi connectivity index (χ0v) is 22.5. The quantitative estimate of drug-likeness (QED) is 0.485. The van der Waals surface area contributed by atoms with Gasteiger partial charge in [-0.3, -0.25) is 14.4 Å². The number of hydrogen-bond acceptors (Lipinski definition) is 6. The van der Waals surface area contributed by atoms with Crippen LogP contribution in [-0.4, -0.2) is 60.6 Å². The molecule has 9 heteroatoms. The summed E-state index contributed by atoms with van der Waals surface area (Å²) in [6.45, 7) is 14.7. The molecule has 0 heterocycles. The van der Waals surface area contributed by atoms with E-state index in [0.29, 0.717) is 5.56 Å². The van der Waals surface area contributed by atoms with Crippen LogP contribution in [0.2, 0.25) is 0 Å². The van der Waals surface area contributed by atoms with Crippen LogP contribution in [0.5, 0.6) is 0 Å². The van der Waals surface area contributed by atoms with Gasteiger partial charge in [-0.2, -0.15) is 0 Å². The zero-order chi connectivity index (χ0) is 26.9. The Labute approximate surface area is 208 Å². The first-order valence-electron chi connectivity index (χ1n) is 11.9. The first-order chi connectivity index (χ1) is 16.2. The Kier molecular flexibility index (Phi) is 11.2. The van der Waals surface area contributed by atoms with Gasteiger partial charge in [0.05, 0.1) is 13.0 Å². The number of likely N-dealkylation sites (N-methyl/N-ethyl adjacent to an activating group) is 1. The van der Waals surface area contributed by atoms with Crippen LogP contribution >= 0.6 is 0 Å². The molecule has 2 unspecified atom stereocenters. The molecule has 0 aliphatic rings. The summed E-state index contributed by atoms with van der Waals surface area (Å²) in [4.78, 5) is 52.2. The number of esters is 1. The van der Waals surface area contributed by atoms with Gasteiger partial charge in [-0.15, -0.1) is 0 Å². The molecular weight excluding hydrogens is 450 g/mol. The molecule has 2 atom stereocenters. The number of ether oxygens (including phenoxy) is 2. The number of carbonyl (C=O) groups is 4. The SMILES string of the molecule is CCOC(=O)CCNC(=O)C(c1cc(C)cc(C)c1)N(C)C(=O)C(NC(=O)OC(C)(C)C)C(C)C. The van der Waals surface area contributed by atoms with Crippen molar-refractivity contribution in [1.82, 2.24) is 15.5 Å². The zero-order valence-electron chi connectivity index (χ0n) is 22.5. The van der Waals surface area contributed by atoms with E-state index in [1.807, 2.05) is 32.0 Å².